The normalized spacial score (nSPS) is 12.8. The SMILES string of the molecule is Cc1ccc2oc(C(O)c3c(F)cc(F)cc3F)cc2c1. The average Bonchev–Trinajstić information content (AvgIpc) is 2.80. The van der Waals surface area contributed by atoms with E-state index in [2.05, 4.69) is 0 Å². The maximum absolute atomic E-state index is 13.7. The number of benzene rings is 2. The highest BCUT2D eigenvalue weighted by Crippen LogP contribution is 2.31. The molecule has 108 valence electrons. The van der Waals surface area contributed by atoms with Gasteiger partial charge >= 0.3 is 0 Å². The van der Waals surface area contributed by atoms with Gasteiger partial charge in [-0.1, -0.05) is 11.6 Å². The summed E-state index contributed by atoms with van der Waals surface area (Å²) >= 11 is 0. The van der Waals surface area contributed by atoms with Crippen molar-refractivity contribution < 1.29 is 22.7 Å². The molecule has 1 atom stereocenters. The lowest BCUT2D eigenvalue weighted by atomic mass is 10.1. The molecule has 3 aromatic rings. The Morgan fingerprint density at radius 1 is 1.00 bits per heavy atom. The van der Waals surface area contributed by atoms with Crippen molar-refractivity contribution in [2.75, 3.05) is 0 Å². The predicted molar refractivity (Wildman–Crippen MR) is 71.3 cm³/mol. The fourth-order valence-corrected chi connectivity index (χ4v) is 2.27. The summed E-state index contributed by atoms with van der Waals surface area (Å²) in [6, 6.07) is 7.91. The molecule has 0 fully saturated rings. The predicted octanol–water partition coefficient (Wildman–Crippen LogP) is 4.24. The zero-order valence-electron chi connectivity index (χ0n) is 11.0. The molecule has 0 aliphatic carbocycles. The topological polar surface area (TPSA) is 33.4 Å². The Balaban J connectivity index is 2.10. The van der Waals surface area contributed by atoms with Crippen molar-refractivity contribution in [3.8, 4) is 0 Å². The molecular weight excluding hydrogens is 281 g/mol. The Kier molecular flexibility index (Phi) is 3.22. The first-order valence-electron chi connectivity index (χ1n) is 6.28. The van der Waals surface area contributed by atoms with Crippen LogP contribution in [0.4, 0.5) is 13.2 Å². The molecule has 1 unspecified atom stereocenters. The summed E-state index contributed by atoms with van der Waals surface area (Å²) in [5.41, 5.74) is 0.855. The van der Waals surface area contributed by atoms with Gasteiger partial charge < -0.3 is 9.52 Å². The van der Waals surface area contributed by atoms with Crippen LogP contribution in [0.5, 0.6) is 0 Å². The van der Waals surface area contributed by atoms with Crippen molar-refractivity contribution in [2.24, 2.45) is 0 Å². The van der Waals surface area contributed by atoms with Crippen LogP contribution in [-0.4, -0.2) is 5.11 Å². The lowest BCUT2D eigenvalue weighted by Gasteiger charge is -2.10. The molecule has 0 saturated carbocycles. The molecule has 0 spiro atoms. The van der Waals surface area contributed by atoms with Crippen LogP contribution in [0.1, 0.15) is 23.0 Å². The van der Waals surface area contributed by atoms with E-state index in [9.17, 15) is 18.3 Å². The third-order valence-corrected chi connectivity index (χ3v) is 3.28. The zero-order chi connectivity index (χ0) is 15.1. The van der Waals surface area contributed by atoms with E-state index in [0.29, 0.717) is 23.1 Å². The van der Waals surface area contributed by atoms with Gasteiger partial charge in [-0.15, -0.1) is 0 Å². The first kappa shape index (κ1) is 13.7. The quantitative estimate of drug-likeness (QED) is 0.766. The summed E-state index contributed by atoms with van der Waals surface area (Å²) in [5, 5.41) is 10.8. The van der Waals surface area contributed by atoms with Gasteiger partial charge in [0.1, 0.15) is 34.9 Å². The number of fused-ring (bicyclic) bond motifs is 1. The number of furan rings is 1. The van der Waals surface area contributed by atoms with Crippen molar-refractivity contribution in [3.63, 3.8) is 0 Å². The van der Waals surface area contributed by atoms with E-state index in [1.807, 2.05) is 19.1 Å². The number of halogens is 3. The van der Waals surface area contributed by atoms with Crippen molar-refractivity contribution in [1.29, 1.82) is 0 Å². The minimum Gasteiger partial charge on any atom is -0.458 e. The first-order valence-corrected chi connectivity index (χ1v) is 6.28. The molecule has 0 bridgehead atoms. The molecule has 0 aliphatic heterocycles. The molecule has 1 heterocycles. The summed E-state index contributed by atoms with van der Waals surface area (Å²) < 4.78 is 45.7. The molecule has 0 amide bonds. The van der Waals surface area contributed by atoms with E-state index in [0.717, 1.165) is 5.56 Å². The van der Waals surface area contributed by atoms with Gasteiger partial charge in [-0.2, -0.15) is 0 Å². The maximum atomic E-state index is 13.7. The van der Waals surface area contributed by atoms with E-state index < -0.39 is 29.1 Å². The summed E-state index contributed by atoms with van der Waals surface area (Å²) in [6.45, 7) is 1.89. The van der Waals surface area contributed by atoms with Gasteiger partial charge in [0.15, 0.2) is 0 Å². The summed E-state index contributed by atoms with van der Waals surface area (Å²) in [5.74, 6) is -3.35. The second-order valence-electron chi connectivity index (χ2n) is 4.88. The number of aliphatic hydroxyl groups is 1. The van der Waals surface area contributed by atoms with Gasteiger partial charge in [-0.25, -0.2) is 13.2 Å². The number of rotatable bonds is 2. The lowest BCUT2D eigenvalue weighted by molar-refractivity contribution is 0.182. The summed E-state index contributed by atoms with van der Waals surface area (Å²) in [7, 11) is 0. The second-order valence-corrected chi connectivity index (χ2v) is 4.88. The molecule has 5 heteroatoms. The van der Waals surface area contributed by atoms with Crippen LogP contribution in [-0.2, 0) is 0 Å². The highest BCUT2D eigenvalue weighted by atomic mass is 19.1. The van der Waals surface area contributed by atoms with Gasteiger partial charge in [0, 0.05) is 17.5 Å². The van der Waals surface area contributed by atoms with Crippen LogP contribution in [0.3, 0.4) is 0 Å². The fourth-order valence-electron chi connectivity index (χ4n) is 2.27. The Morgan fingerprint density at radius 3 is 2.33 bits per heavy atom. The molecule has 3 rings (SSSR count). The van der Waals surface area contributed by atoms with E-state index in [-0.39, 0.29) is 5.76 Å². The third-order valence-electron chi connectivity index (χ3n) is 3.28. The summed E-state index contributed by atoms with van der Waals surface area (Å²) in [4.78, 5) is 0. The van der Waals surface area contributed by atoms with Crippen LogP contribution in [0, 0.1) is 24.4 Å². The highest BCUT2D eigenvalue weighted by molar-refractivity contribution is 5.78. The largest absolute Gasteiger partial charge is 0.458 e. The van der Waals surface area contributed by atoms with Gasteiger partial charge in [0.05, 0.1) is 5.56 Å². The third kappa shape index (κ3) is 2.40. The minimum absolute atomic E-state index is 0.00000756. The molecule has 2 aromatic carbocycles. The van der Waals surface area contributed by atoms with E-state index >= 15 is 0 Å². The number of hydrogen-bond acceptors (Lipinski definition) is 2. The number of hydrogen-bond donors (Lipinski definition) is 1. The molecule has 0 saturated heterocycles. The van der Waals surface area contributed by atoms with Crippen molar-refractivity contribution >= 4 is 11.0 Å². The molecule has 1 aromatic heterocycles. The minimum atomic E-state index is -1.64. The van der Waals surface area contributed by atoms with E-state index in [1.165, 1.54) is 6.07 Å². The Labute approximate surface area is 118 Å². The van der Waals surface area contributed by atoms with Crippen molar-refractivity contribution in [3.05, 3.63) is 70.7 Å². The second kappa shape index (κ2) is 4.93. The van der Waals surface area contributed by atoms with Crippen LogP contribution >= 0.6 is 0 Å². The average molecular weight is 292 g/mol. The van der Waals surface area contributed by atoms with Gasteiger partial charge in [0.25, 0.3) is 0 Å². The molecule has 1 N–H and O–H groups in total. The Hall–Kier alpha value is -2.27. The summed E-state index contributed by atoms with van der Waals surface area (Å²) in [6.07, 6.45) is -1.64. The molecule has 0 radical (unpaired) electrons. The van der Waals surface area contributed by atoms with Crippen LogP contribution in [0.2, 0.25) is 0 Å². The monoisotopic (exact) mass is 292 g/mol. The van der Waals surface area contributed by atoms with Crippen LogP contribution in [0.15, 0.2) is 40.8 Å². The standard InChI is InChI=1S/C16H11F3O2/c1-8-2-3-13-9(4-8)5-14(21-13)16(20)15-11(18)6-10(17)7-12(15)19/h2-7,16,20H,1H3. The smallest absolute Gasteiger partial charge is 0.142 e. The van der Waals surface area contributed by atoms with Crippen molar-refractivity contribution in [1.82, 2.24) is 0 Å². The Morgan fingerprint density at radius 2 is 1.67 bits per heavy atom. The number of aliphatic hydroxyl groups excluding tert-OH is 1. The molecule has 2 nitrogen and oxygen atoms in total. The van der Waals surface area contributed by atoms with E-state index in [1.54, 1.807) is 6.07 Å². The van der Waals surface area contributed by atoms with Gasteiger partial charge in [-0.05, 0) is 25.1 Å². The van der Waals surface area contributed by atoms with Crippen molar-refractivity contribution in [2.45, 2.75) is 13.0 Å². The highest BCUT2D eigenvalue weighted by Gasteiger charge is 2.24. The molecule has 0 aliphatic rings. The van der Waals surface area contributed by atoms with E-state index in [4.69, 9.17) is 4.42 Å². The van der Waals surface area contributed by atoms with Gasteiger partial charge in [-0.3, -0.25) is 0 Å². The van der Waals surface area contributed by atoms with Crippen LogP contribution in [0.25, 0.3) is 11.0 Å². The fraction of sp³-hybridized carbons (Fsp3) is 0.125. The zero-order valence-corrected chi connectivity index (χ0v) is 11.0. The molecule has 21 heavy (non-hydrogen) atoms. The first-order chi connectivity index (χ1) is 9.95. The van der Waals surface area contributed by atoms with Gasteiger partial charge in [0.2, 0.25) is 0 Å². The number of aryl methyl sites for hydroxylation is 1. The van der Waals surface area contributed by atoms with Crippen LogP contribution < -0.4 is 0 Å². The Bertz CT molecular complexity index is 800. The lowest BCUT2D eigenvalue weighted by Crippen LogP contribution is -2.05. The maximum Gasteiger partial charge on any atom is 0.142 e. The molecular formula is C16H11F3O2.